The van der Waals surface area contributed by atoms with Crippen molar-refractivity contribution in [1.82, 2.24) is 0 Å². The van der Waals surface area contributed by atoms with Gasteiger partial charge in [0.2, 0.25) is 0 Å². The van der Waals surface area contributed by atoms with E-state index < -0.39 is 16.7 Å². The summed E-state index contributed by atoms with van der Waals surface area (Å²) < 4.78 is 51.3. The van der Waals surface area contributed by atoms with Gasteiger partial charge in [-0.3, -0.25) is 0 Å². The molecule has 1 aromatic rings. The molecule has 0 bridgehead atoms. The summed E-state index contributed by atoms with van der Waals surface area (Å²) in [5.41, 5.74) is -0.579. The zero-order valence-corrected chi connectivity index (χ0v) is 7.05. The highest BCUT2D eigenvalue weighted by atomic mass is 32.2. The van der Waals surface area contributed by atoms with Crippen LogP contribution in [0.25, 0.3) is 0 Å². The Balaban J connectivity index is 2.60. The van der Waals surface area contributed by atoms with Gasteiger partial charge in [-0.2, -0.15) is 17.6 Å². The van der Waals surface area contributed by atoms with Crippen molar-refractivity contribution in [2.24, 2.45) is 0 Å². The van der Waals surface area contributed by atoms with E-state index in [0.717, 1.165) is 6.07 Å². The van der Waals surface area contributed by atoms with Gasteiger partial charge in [-0.05, 0) is 17.8 Å². The van der Waals surface area contributed by atoms with E-state index in [1.807, 2.05) is 0 Å². The molecule has 1 aliphatic rings. The minimum Gasteiger partial charge on any atom is -0.193 e. The molecule has 0 aliphatic carbocycles. The first-order chi connectivity index (χ1) is 5.95. The van der Waals surface area contributed by atoms with Crippen LogP contribution in [0.1, 0.15) is 5.56 Å². The first-order valence-electron chi connectivity index (χ1n) is 3.49. The first-order valence-corrected chi connectivity index (χ1v) is 4.31. The van der Waals surface area contributed by atoms with Crippen LogP contribution < -0.4 is 0 Å². The molecule has 0 aromatic heterocycles. The lowest BCUT2D eigenvalue weighted by Crippen LogP contribution is -2.29. The number of rotatable bonds is 0. The molecule has 0 radical (unpaired) electrons. The molecule has 0 spiro atoms. The lowest BCUT2D eigenvalue weighted by Gasteiger charge is -2.17. The molecule has 13 heavy (non-hydrogen) atoms. The molecule has 0 saturated carbocycles. The van der Waals surface area contributed by atoms with Gasteiger partial charge in [0.25, 0.3) is 0 Å². The summed E-state index contributed by atoms with van der Waals surface area (Å²) in [6, 6.07) is 5.09. The van der Waals surface area contributed by atoms with Crippen LogP contribution in [0.3, 0.4) is 0 Å². The fourth-order valence-corrected chi connectivity index (χ4v) is 2.14. The predicted octanol–water partition coefficient (Wildman–Crippen LogP) is 3.48. The number of halogens is 4. The van der Waals surface area contributed by atoms with Crippen molar-refractivity contribution >= 4 is 11.8 Å². The van der Waals surface area contributed by atoms with Gasteiger partial charge >= 0.3 is 11.2 Å². The monoisotopic (exact) mass is 208 g/mol. The molecule has 2 rings (SSSR count). The summed E-state index contributed by atoms with van der Waals surface area (Å²) in [6.07, 6.45) is 0. The Morgan fingerprint density at radius 1 is 1.00 bits per heavy atom. The van der Waals surface area contributed by atoms with Crippen LogP contribution in [-0.2, 0) is 5.92 Å². The van der Waals surface area contributed by atoms with E-state index >= 15 is 0 Å². The van der Waals surface area contributed by atoms with E-state index in [9.17, 15) is 17.6 Å². The molecule has 0 unspecified atom stereocenters. The largest absolute Gasteiger partial charge is 0.364 e. The maximum Gasteiger partial charge on any atom is 0.364 e. The second-order valence-corrected chi connectivity index (χ2v) is 3.85. The summed E-state index contributed by atoms with van der Waals surface area (Å²) in [6.45, 7) is 0. The summed E-state index contributed by atoms with van der Waals surface area (Å²) in [5.74, 6) is -4.05. The third-order valence-corrected chi connectivity index (χ3v) is 2.92. The Morgan fingerprint density at radius 2 is 1.62 bits per heavy atom. The molecule has 0 atom stereocenters. The molecular formula is C8H4F4S. The minimum atomic E-state index is -4.05. The van der Waals surface area contributed by atoms with Crippen LogP contribution in [0.5, 0.6) is 0 Å². The molecule has 0 nitrogen and oxygen atoms in total. The van der Waals surface area contributed by atoms with Crippen LogP contribution in [-0.4, -0.2) is 5.25 Å². The molecule has 0 saturated heterocycles. The Morgan fingerprint density at radius 3 is 2.23 bits per heavy atom. The summed E-state index contributed by atoms with van der Waals surface area (Å²) in [4.78, 5) is -0.0440. The van der Waals surface area contributed by atoms with Crippen LogP contribution >= 0.6 is 11.8 Å². The number of fused-ring (bicyclic) bond motifs is 1. The summed E-state index contributed by atoms with van der Waals surface area (Å²) in [7, 11) is 0. The third-order valence-electron chi connectivity index (χ3n) is 1.83. The SMILES string of the molecule is FC1(F)Sc2ccccc2C1(F)F. The van der Waals surface area contributed by atoms with Gasteiger partial charge in [0.1, 0.15) is 0 Å². The molecule has 0 amide bonds. The van der Waals surface area contributed by atoms with Crippen LogP contribution in [0.2, 0.25) is 0 Å². The fraction of sp³-hybridized carbons (Fsp3) is 0.250. The maximum absolute atomic E-state index is 12.9. The van der Waals surface area contributed by atoms with Crippen molar-refractivity contribution in [2.75, 3.05) is 0 Å². The lowest BCUT2D eigenvalue weighted by molar-refractivity contribution is -0.154. The van der Waals surface area contributed by atoms with E-state index in [1.54, 1.807) is 0 Å². The van der Waals surface area contributed by atoms with E-state index in [2.05, 4.69) is 0 Å². The third kappa shape index (κ3) is 1.06. The molecule has 1 aliphatic heterocycles. The van der Waals surface area contributed by atoms with E-state index in [-0.39, 0.29) is 16.7 Å². The number of hydrogen-bond acceptors (Lipinski definition) is 1. The van der Waals surface area contributed by atoms with Gasteiger partial charge in [0.05, 0.1) is 0 Å². The Bertz CT molecular complexity index is 348. The molecule has 1 aromatic carbocycles. The van der Waals surface area contributed by atoms with Crippen molar-refractivity contribution in [3.63, 3.8) is 0 Å². The highest BCUT2D eigenvalue weighted by Crippen LogP contribution is 2.60. The van der Waals surface area contributed by atoms with Crippen molar-refractivity contribution in [3.05, 3.63) is 29.8 Å². The van der Waals surface area contributed by atoms with Crippen molar-refractivity contribution < 1.29 is 17.6 Å². The number of benzene rings is 1. The van der Waals surface area contributed by atoms with E-state index in [4.69, 9.17) is 0 Å². The molecular weight excluding hydrogens is 204 g/mol. The fourth-order valence-electron chi connectivity index (χ4n) is 1.17. The van der Waals surface area contributed by atoms with Gasteiger partial charge < -0.3 is 0 Å². The van der Waals surface area contributed by atoms with Gasteiger partial charge in [-0.25, -0.2) is 0 Å². The number of alkyl halides is 4. The second kappa shape index (κ2) is 2.41. The highest BCUT2D eigenvalue weighted by molar-refractivity contribution is 8.00. The number of thioether (sulfide) groups is 1. The topological polar surface area (TPSA) is 0 Å². The second-order valence-electron chi connectivity index (χ2n) is 2.69. The lowest BCUT2D eigenvalue weighted by atomic mass is 10.1. The van der Waals surface area contributed by atoms with Crippen molar-refractivity contribution in [3.8, 4) is 0 Å². The van der Waals surface area contributed by atoms with Crippen LogP contribution in [0.4, 0.5) is 17.6 Å². The van der Waals surface area contributed by atoms with E-state index in [1.165, 1.54) is 18.2 Å². The van der Waals surface area contributed by atoms with E-state index in [0.29, 0.717) is 0 Å². The zero-order valence-electron chi connectivity index (χ0n) is 6.23. The Kier molecular flexibility index (Phi) is 1.64. The average Bonchev–Trinajstić information content (AvgIpc) is 2.20. The molecule has 0 fully saturated rings. The average molecular weight is 208 g/mol. The standard InChI is InChI=1S/C8H4F4S/c9-7(10)5-3-1-2-4-6(5)13-8(7,11)12/h1-4H. The predicted molar refractivity (Wildman–Crippen MR) is 41.1 cm³/mol. The summed E-state index contributed by atoms with van der Waals surface area (Å²) >= 11 is -0.0831. The summed E-state index contributed by atoms with van der Waals surface area (Å²) in [5, 5.41) is -4.02. The molecule has 70 valence electrons. The quantitative estimate of drug-likeness (QED) is 0.588. The normalized spacial score (nSPS) is 22.8. The number of hydrogen-bond donors (Lipinski definition) is 0. The van der Waals surface area contributed by atoms with Crippen LogP contribution in [0.15, 0.2) is 29.2 Å². The van der Waals surface area contributed by atoms with Crippen molar-refractivity contribution in [1.29, 1.82) is 0 Å². The Hall–Kier alpha value is -0.710. The maximum atomic E-state index is 12.9. The molecule has 1 heterocycles. The highest BCUT2D eigenvalue weighted by Gasteiger charge is 2.63. The van der Waals surface area contributed by atoms with Crippen molar-refractivity contribution in [2.45, 2.75) is 16.1 Å². The smallest absolute Gasteiger partial charge is 0.193 e. The molecule has 5 heteroatoms. The zero-order chi connectivity index (χ0) is 9.69. The van der Waals surface area contributed by atoms with Gasteiger partial charge in [0, 0.05) is 10.5 Å². The minimum absolute atomic E-state index is 0.0440. The Labute approximate surface area is 75.9 Å². The van der Waals surface area contributed by atoms with Crippen LogP contribution in [0, 0.1) is 0 Å². The molecule has 0 N–H and O–H groups in total. The van der Waals surface area contributed by atoms with Gasteiger partial charge in [0.15, 0.2) is 0 Å². The van der Waals surface area contributed by atoms with Gasteiger partial charge in [-0.1, -0.05) is 18.2 Å². The first kappa shape index (κ1) is 8.87. The van der Waals surface area contributed by atoms with Gasteiger partial charge in [-0.15, -0.1) is 0 Å².